The number of aromatic nitrogens is 1. The van der Waals surface area contributed by atoms with Crippen molar-refractivity contribution in [2.24, 2.45) is 5.92 Å². The van der Waals surface area contributed by atoms with Crippen molar-refractivity contribution in [2.75, 3.05) is 0 Å². The quantitative estimate of drug-likeness (QED) is 0.940. The number of hydrogen-bond donors (Lipinski definition) is 1. The lowest BCUT2D eigenvalue weighted by atomic mass is 9.80. The van der Waals surface area contributed by atoms with Gasteiger partial charge in [0.15, 0.2) is 0 Å². The molecule has 0 amide bonds. The van der Waals surface area contributed by atoms with Gasteiger partial charge in [0.2, 0.25) is 0 Å². The van der Waals surface area contributed by atoms with Crippen LogP contribution in [0.25, 0.3) is 0 Å². The molecule has 4 heteroatoms. The second-order valence-electron chi connectivity index (χ2n) is 5.93. The number of fused-ring (bicyclic) bond motifs is 1. The Hall–Kier alpha value is -1.94. The monoisotopic (exact) mass is 287 g/mol. The number of aromatic amines is 1. The summed E-state index contributed by atoms with van der Waals surface area (Å²) in [7, 11) is 0. The van der Waals surface area contributed by atoms with E-state index in [2.05, 4.69) is 18.8 Å². The van der Waals surface area contributed by atoms with E-state index < -0.39 is 5.60 Å². The molecular weight excluding hydrogens is 269 g/mol. The maximum atomic E-state index is 13.2. The first kappa shape index (κ1) is 14.0. The molecule has 0 saturated heterocycles. The second-order valence-corrected chi connectivity index (χ2v) is 5.93. The van der Waals surface area contributed by atoms with E-state index in [1.54, 1.807) is 18.3 Å². The first-order chi connectivity index (χ1) is 10.0. The third-order valence-electron chi connectivity index (χ3n) is 3.93. The van der Waals surface area contributed by atoms with Crippen LogP contribution < -0.4 is 5.56 Å². The van der Waals surface area contributed by atoms with Gasteiger partial charge in [-0.05, 0) is 41.7 Å². The van der Waals surface area contributed by atoms with E-state index >= 15 is 0 Å². The minimum Gasteiger partial charge on any atom is -0.361 e. The highest BCUT2D eigenvalue weighted by molar-refractivity contribution is 5.42. The molecule has 1 aromatic heterocycles. The van der Waals surface area contributed by atoms with E-state index in [1.807, 2.05) is 6.07 Å². The molecule has 2 heterocycles. The molecular formula is C17H18FNO2. The molecule has 21 heavy (non-hydrogen) atoms. The van der Waals surface area contributed by atoms with Gasteiger partial charge in [-0.1, -0.05) is 26.0 Å². The van der Waals surface area contributed by atoms with Crippen molar-refractivity contribution in [3.63, 3.8) is 0 Å². The molecule has 0 fully saturated rings. The molecule has 1 aromatic carbocycles. The summed E-state index contributed by atoms with van der Waals surface area (Å²) in [6.07, 6.45) is 2.32. The third-order valence-corrected chi connectivity index (χ3v) is 3.93. The summed E-state index contributed by atoms with van der Waals surface area (Å²) in [4.78, 5) is 15.1. The predicted octanol–water partition coefficient (Wildman–Crippen LogP) is 3.33. The zero-order valence-electron chi connectivity index (χ0n) is 12.2. The average Bonchev–Trinajstić information content (AvgIpc) is 2.80. The van der Waals surface area contributed by atoms with Crippen LogP contribution in [0.5, 0.6) is 0 Å². The van der Waals surface area contributed by atoms with Gasteiger partial charge in [0.25, 0.3) is 5.56 Å². The van der Waals surface area contributed by atoms with E-state index in [-0.39, 0.29) is 11.4 Å². The number of H-pyrrole nitrogens is 1. The summed E-state index contributed by atoms with van der Waals surface area (Å²) >= 11 is 0. The zero-order valence-corrected chi connectivity index (χ0v) is 12.2. The highest BCUT2D eigenvalue weighted by Crippen LogP contribution is 2.44. The minimum atomic E-state index is -0.786. The number of nitrogens with one attached hydrogen (secondary N) is 1. The Bertz CT molecular complexity index is 705. The first-order valence-electron chi connectivity index (χ1n) is 7.14. The van der Waals surface area contributed by atoms with Crippen molar-refractivity contribution in [2.45, 2.75) is 32.5 Å². The summed E-state index contributed by atoms with van der Waals surface area (Å²) in [6.45, 7) is 4.58. The molecule has 3 rings (SSSR count). The van der Waals surface area contributed by atoms with E-state index in [0.717, 1.165) is 11.1 Å². The molecule has 1 aliphatic rings. The van der Waals surface area contributed by atoms with E-state index in [0.29, 0.717) is 24.5 Å². The first-order valence-corrected chi connectivity index (χ1v) is 7.14. The number of ether oxygens (including phenoxy) is 1. The van der Waals surface area contributed by atoms with Crippen LogP contribution >= 0.6 is 0 Å². The van der Waals surface area contributed by atoms with Gasteiger partial charge in [0, 0.05) is 6.20 Å². The summed E-state index contributed by atoms with van der Waals surface area (Å²) in [5.74, 6) is 0.0410. The molecule has 0 bridgehead atoms. The van der Waals surface area contributed by atoms with Crippen LogP contribution in [-0.4, -0.2) is 4.98 Å². The number of rotatable bonds is 3. The molecule has 2 aromatic rings. The molecule has 110 valence electrons. The normalized spacial score (nSPS) is 20.8. The second kappa shape index (κ2) is 5.11. The summed E-state index contributed by atoms with van der Waals surface area (Å²) in [6, 6.07) is 8.12. The Labute approximate surface area is 122 Å². The van der Waals surface area contributed by atoms with Crippen LogP contribution in [0, 0.1) is 11.7 Å². The summed E-state index contributed by atoms with van der Waals surface area (Å²) in [5, 5.41) is 0. The van der Waals surface area contributed by atoms with Gasteiger partial charge in [-0.15, -0.1) is 0 Å². The molecule has 3 nitrogen and oxygen atoms in total. The SMILES string of the molecule is CC(C)CC1(c2ccc(F)cc2)OCc2cc[nH]c(=O)c21. The van der Waals surface area contributed by atoms with E-state index in [1.165, 1.54) is 12.1 Å². The number of pyridine rings is 1. The Morgan fingerprint density at radius 2 is 2.00 bits per heavy atom. The highest BCUT2D eigenvalue weighted by Gasteiger charge is 2.44. The van der Waals surface area contributed by atoms with Crippen molar-refractivity contribution < 1.29 is 9.13 Å². The number of hydrogen-bond acceptors (Lipinski definition) is 2. The minimum absolute atomic E-state index is 0.130. The van der Waals surface area contributed by atoms with E-state index in [4.69, 9.17) is 4.74 Å². The molecule has 1 atom stereocenters. The van der Waals surface area contributed by atoms with Crippen LogP contribution in [0.1, 0.15) is 37.0 Å². The lowest BCUT2D eigenvalue weighted by Crippen LogP contribution is -2.34. The summed E-state index contributed by atoms with van der Waals surface area (Å²) < 4.78 is 19.3. The van der Waals surface area contributed by atoms with Gasteiger partial charge in [0.05, 0.1) is 12.2 Å². The van der Waals surface area contributed by atoms with Crippen LogP contribution in [0.3, 0.4) is 0 Å². The standard InChI is InChI=1S/C17H18FNO2/c1-11(2)9-17(13-3-5-14(18)6-4-13)15-12(10-21-17)7-8-19-16(15)20/h3-8,11H,9-10H2,1-2H3,(H,19,20). The average molecular weight is 287 g/mol. The Morgan fingerprint density at radius 1 is 1.29 bits per heavy atom. The van der Waals surface area contributed by atoms with Crippen LogP contribution in [-0.2, 0) is 16.9 Å². The molecule has 0 aliphatic carbocycles. The maximum absolute atomic E-state index is 13.2. The van der Waals surface area contributed by atoms with Crippen molar-refractivity contribution in [3.8, 4) is 0 Å². The van der Waals surface area contributed by atoms with Gasteiger partial charge < -0.3 is 9.72 Å². The third kappa shape index (κ3) is 2.29. The molecule has 0 radical (unpaired) electrons. The Balaban J connectivity index is 2.22. The Kier molecular flexibility index (Phi) is 3.41. The smallest absolute Gasteiger partial charge is 0.254 e. The van der Waals surface area contributed by atoms with Crippen LogP contribution in [0.2, 0.25) is 0 Å². The fourth-order valence-electron chi connectivity index (χ4n) is 3.16. The fraction of sp³-hybridized carbons (Fsp3) is 0.353. The highest BCUT2D eigenvalue weighted by atomic mass is 19.1. The van der Waals surface area contributed by atoms with Crippen LogP contribution in [0.4, 0.5) is 4.39 Å². The zero-order chi connectivity index (χ0) is 15.0. The van der Waals surface area contributed by atoms with Gasteiger partial charge >= 0.3 is 0 Å². The largest absolute Gasteiger partial charge is 0.361 e. The maximum Gasteiger partial charge on any atom is 0.254 e. The van der Waals surface area contributed by atoms with Gasteiger partial charge in [-0.25, -0.2) is 4.39 Å². The lowest BCUT2D eigenvalue weighted by Gasteiger charge is -2.31. The van der Waals surface area contributed by atoms with Gasteiger partial charge in [-0.2, -0.15) is 0 Å². The molecule has 1 unspecified atom stereocenters. The van der Waals surface area contributed by atoms with Crippen molar-refractivity contribution in [1.29, 1.82) is 0 Å². The number of benzene rings is 1. The molecule has 1 aliphatic heterocycles. The summed E-state index contributed by atoms with van der Waals surface area (Å²) in [5.41, 5.74) is 1.48. The van der Waals surface area contributed by atoms with Crippen molar-refractivity contribution >= 4 is 0 Å². The van der Waals surface area contributed by atoms with Crippen molar-refractivity contribution in [1.82, 2.24) is 4.98 Å². The van der Waals surface area contributed by atoms with Gasteiger partial charge in [-0.3, -0.25) is 4.79 Å². The van der Waals surface area contributed by atoms with E-state index in [9.17, 15) is 9.18 Å². The van der Waals surface area contributed by atoms with Gasteiger partial charge in [0.1, 0.15) is 11.4 Å². The number of halogens is 1. The predicted molar refractivity (Wildman–Crippen MR) is 78.5 cm³/mol. The van der Waals surface area contributed by atoms with Crippen molar-refractivity contribution in [3.05, 3.63) is 69.4 Å². The topological polar surface area (TPSA) is 42.1 Å². The lowest BCUT2D eigenvalue weighted by molar-refractivity contribution is -0.0207. The molecule has 1 N–H and O–H groups in total. The Morgan fingerprint density at radius 3 is 2.67 bits per heavy atom. The fourth-order valence-corrected chi connectivity index (χ4v) is 3.16. The molecule has 0 spiro atoms. The molecule has 0 saturated carbocycles. The van der Waals surface area contributed by atoms with Crippen LogP contribution in [0.15, 0.2) is 41.3 Å².